The summed E-state index contributed by atoms with van der Waals surface area (Å²) in [6, 6.07) is 0. The van der Waals surface area contributed by atoms with Crippen LogP contribution in [0, 0.1) is 0 Å². The largest absolute Gasteiger partial charge is 0.0990 e. The van der Waals surface area contributed by atoms with E-state index in [2.05, 4.69) is 25.7 Å². The first-order chi connectivity index (χ1) is 5.34. The third-order valence-corrected chi connectivity index (χ3v) is 1.60. The molecule has 0 nitrogen and oxygen atoms in total. The van der Waals surface area contributed by atoms with Crippen molar-refractivity contribution in [2.24, 2.45) is 0 Å². The average molecular weight is 144 g/mol. The maximum atomic E-state index is 3.66. The molecule has 0 unspecified atom stereocenters. The van der Waals surface area contributed by atoms with Crippen molar-refractivity contribution < 1.29 is 0 Å². The third kappa shape index (κ3) is 2.08. The van der Waals surface area contributed by atoms with E-state index in [0.29, 0.717) is 0 Å². The van der Waals surface area contributed by atoms with E-state index < -0.39 is 0 Å². The number of hydrogen-bond acceptors (Lipinski definition) is 0. The molecule has 0 radical (unpaired) electrons. The summed E-state index contributed by atoms with van der Waals surface area (Å²) in [6.45, 7) is 5.75. The lowest BCUT2D eigenvalue weighted by molar-refractivity contribution is 1.44. The second-order valence-electron chi connectivity index (χ2n) is 2.45. The van der Waals surface area contributed by atoms with Crippen molar-refractivity contribution in [3.63, 3.8) is 0 Å². The van der Waals surface area contributed by atoms with Gasteiger partial charge in [0.2, 0.25) is 0 Å². The predicted molar refractivity (Wildman–Crippen MR) is 50.3 cm³/mol. The summed E-state index contributed by atoms with van der Waals surface area (Å²) in [6.07, 6.45) is 14.1. The Kier molecular flexibility index (Phi) is 2.67. The van der Waals surface area contributed by atoms with Gasteiger partial charge in [0.25, 0.3) is 0 Å². The summed E-state index contributed by atoms with van der Waals surface area (Å²) in [4.78, 5) is 0. The van der Waals surface area contributed by atoms with Crippen LogP contribution < -0.4 is 0 Å². The molecule has 0 heterocycles. The van der Waals surface area contributed by atoms with E-state index in [4.69, 9.17) is 0 Å². The van der Waals surface area contributed by atoms with Crippen LogP contribution in [0.3, 0.4) is 0 Å². The van der Waals surface area contributed by atoms with Crippen LogP contribution in [0.4, 0.5) is 0 Å². The fourth-order valence-corrected chi connectivity index (χ4v) is 0.965. The fourth-order valence-electron chi connectivity index (χ4n) is 0.965. The lowest BCUT2D eigenvalue weighted by atomic mass is 10.1. The number of allylic oxidation sites excluding steroid dienone is 9. The third-order valence-electron chi connectivity index (χ3n) is 1.60. The Morgan fingerprint density at radius 2 is 2.09 bits per heavy atom. The molecule has 0 heteroatoms. The molecule has 1 aliphatic carbocycles. The highest BCUT2D eigenvalue weighted by molar-refractivity contribution is 5.45. The fraction of sp³-hybridized carbons (Fsp3) is 0.0909. The average Bonchev–Trinajstić information content (AvgIpc) is 2.18. The summed E-state index contributed by atoms with van der Waals surface area (Å²) in [5.74, 6) is 0. The van der Waals surface area contributed by atoms with Crippen molar-refractivity contribution in [3.05, 3.63) is 60.3 Å². The highest BCUT2D eigenvalue weighted by Gasteiger charge is 1.93. The maximum Gasteiger partial charge on any atom is -0.0228 e. The summed E-state index contributed by atoms with van der Waals surface area (Å²) >= 11 is 0. The SMILES string of the molecule is C=C/C=C1/C=CC=CC=C1C. The van der Waals surface area contributed by atoms with Gasteiger partial charge in [-0.1, -0.05) is 49.1 Å². The van der Waals surface area contributed by atoms with Gasteiger partial charge in [-0.3, -0.25) is 0 Å². The molecule has 0 bridgehead atoms. The lowest BCUT2D eigenvalue weighted by Crippen LogP contribution is -1.77. The van der Waals surface area contributed by atoms with Crippen molar-refractivity contribution in [1.29, 1.82) is 0 Å². The molecule has 0 aromatic carbocycles. The summed E-state index contributed by atoms with van der Waals surface area (Å²) in [5.41, 5.74) is 2.50. The molecule has 0 aromatic heterocycles. The highest BCUT2D eigenvalue weighted by atomic mass is 14.0. The Bertz CT molecular complexity index is 260. The van der Waals surface area contributed by atoms with Gasteiger partial charge in [0, 0.05) is 0 Å². The van der Waals surface area contributed by atoms with Crippen LogP contribution in [0.5, 0.6) is 0 Å². The van der Waals surface area contributed by atoms with E-state index in [1.807, 2.05) is 30.4 Å². The summed E-state index contributed by atoms with van der Waals surface area (Å²) in [7, 11) is 0. The zero-order valence-corrected chi connectivity index (χ0v) is 6.75. The Morgan fingerprint density at radius 3 is 2.82 bits per heavy atom. The van der Waals surface area contributed by atoms with Crippen molar-refractivity contribution in [2.45, 2.75) is 6.92 Å². The van der Waals surface area contributed by atoms with Gasteiger partial charge in [-0.05, 0) is 18.1 Å². The van der Waals surface area contributed by atoms with Crippen LogP contribution >= 0.6 is 0 Å². The molecule has 1 aliphatic rings. The van der Waals surface area contributed by atoms with Gasteiger partial charge >= 0.3 is 0 Å². The number of hydrogen-bond donors (Lipinski definition) is 0. The standard InChI is InChI=1S/C11H12/c1-3-7-11-9-6-4-5-8-10(11)2/h3-9H,1H2,2H3/b11-7-. The van der Waals surface area contributed by atoms with Crippen LogP contribution in [0.25, 0.3) is 0 Å². The molecule has 0 fully saturated rings. The van der Waals surface area contributed by atoms with Gasteiger partial charge in [0.1, 0.15) is 0 Å². The van der Waals surface area contributed by atoms with Crippen molar-refractivity contribution in [2.75, 3.05) is 0 Å². The van der Waals surface area contributed by atoms with E-state index in [-0.39, 0.29) is 0 Å². The molecule has 11 heavy (non-hydrogen) atoms. The molecule has 0 saturated heterocycles. The van der Waals surface area contributed by atoms with E-state index in [9.17, 15) is 0 Å². The van der Waals surface area contributed by atoms with Crippen molar-refractivity contribution >= 4 is 0 Å². The van der Waals surface area contributed by atoms with Gasteiger partial charge in [0.15, 0.2) is 0 Å². The van der Waals surface area contributed by atoms with Crippen LogP contribution in [0.1, 0.15) is 6.92 Å². The van der Waals surface area contributed by atoms with E-state index >= 15 is 0 Å². The zero-order chi connectivity index (χ0) is 8.10. The molecular weight excluding hydrogens is 132 g/mol. The smallest absolute Gasteiger partial charge is 0.0228 e. The highest BCUT2D eigenvalue weighted by Crippen LogP contribution is 2.13. The predicted octanol–water partition coefficient (Wildman–Crippen LogP) is 3.17. The van der Waals surface area contributed by atoms with Gasteiger partial charge in [-0.2, -0.15) is 0 Å². The monoisotopic (exact) mass is 144 g/mol. The molecule has 0 aliphatic heterocycles. The molecule has 1 rings (SSSR count). The minimum absolute atomic E-state index is 1.23. The Balaban J connectivity index is 2.97. The van der Waals surface area contributed by atoms with E-state index in [0.717, 1.165) is 0 Å². The van der Waals surface area contributed by atoms with E-state index in [1.54, 1.807) is 0 Å². The molecule has 56 valence electrons. The molecule has 0 N–H and O–H groups in total. The molecule has 0 atom stereocenters. The Hall–Kier alpha value is -1.30. The van der Waals surface area contributed by atoms with Crippen LogP contribution in [0.15, 0.2) is 60.3 Å². The molecule has 0 spiro atoms. The van der Waals surface area contributed by atoms with Gasteiger partial charge in [0.05, 0.1) is 0 Å². The zero-order valence-electron chi connectivity index (χ0n) is 6.75. The van der Waals surface area contributed by atoms with Crippen LogP contribution in [-0.2, 0) is 0 Å². The molecule has 0 amide bonds. The lowest BCUT2D eigenvalue weighted by Gasteiger charge is -1.97. The first-order valence-corrected chi connectivity index (χ1v) is 3.69. The second kappa shape index (κ2) is 3.77. The number of rotatable bonds is 1. The maximum absolute atomic E-state index is 3.66. The van der Waals surface area contributed by atoms with Crippen LogP contribution in [0.2, 0.25) is 0 Å². The van der Waals surface area contributed by atoms with Gasteiger partial charge < -0.3 is 0 Å². The second-order valence-corrected chi connectivity index (χ2v) is 2.45. The Morgan fingerprint density at radius 1 is 1.27 bits per heavy atom. The van der Waals surface area contributed by atoms with Gasteiger partial charge in [-0.15, -0.1) is 0 Å². The first-order valence-electron chi connectivity index (χ1n) is 3.69. The first kappa shape index (κ1) is 7.80. The Labute approximate surface area is 67.9 Å². The molecule has 0 aromatic rings. The van der Waals surface area contributed by atoms with Crippen molar-refractivity contribution in [3.8, 4) is 0 Å². The van der Waals surface area contributed by atoms with Crippen molar-refractivity contribution in [1.82, 2.24) is 0 Å². The summed E-state index contributed by atoms with van der Waals surface area (Å²) < 4.78 is 0. The molecular formula is C11H12. The van der Waals surface area contributed by atoms with Crippen LogP contribution in [-0.4, -0.2) is 0 Å². The topological polar surface area (TPSA) is 0 Å². The summed E-state index contributed by atoms with van der Waals surface area (Å²) in [5, 5.41) is 0. The van der Waals surface area contributed by atoms with Gasteiger partial charge in [-0.25, -0.2) is 0 Å². The van der Waals surface area contributed by atoms with E-state index in [1.165, 1.54) is 11.1 Å². The normalized spacial score (nSPS) is 19.7. The minimum Gasteiger partial charge on any atom is -0.0990 e. The quantitative estimate of drug-likeness (QED) is 0.530. The minimum atomic E-state index is 1.23. The molecule has 0 saturated carbocycles.